The molecule has 0 aliphatic heterocycles. The third kappa shape index (κ3) is 4.96. The molecule has 6 nitrogen and oxygen atoms in total. The SMILES string of the molecule is COCC(C)CNC(=O)c1cc(S(N)(=O)=O)cc(Cl)c1C. The van der Waals surface area contributed by atoms with Gasteiger partial charge in [0.05, 0.1) is 11.5 Å². The molecule has 1 atom stereocenters. The zero-order valence-corrected chi connectivity index (χ0v) is 13.7. The molecule has 0 bridgehead atoms. The Hall–Kier alpha value is -1.15. The quantitative estimate of drug-likeness (QED) is 0.819. The molecule has 8 heteroatoms. The summed E-state index contributed by atoms with van der Waals surface area (Å²) in [4.78, 5) is 12.0. The molecular formula is C13H19ClN2O4S. The van der Waals surface area contributed by atoms with Crippen molar-refractivity contribution >= 4 is 27.5 Å². The number of hydrogen-bond acceptors (Lipinski definition) is 4. The van der Waals surface area contributed by atoms with E-state index in [-0.39, 0.29) is 21.4 Å². The van der Waals surface area contributed by atoms with Crippen LogP contribution >= 0.6 is 11.6 Å². The molecule has 0 aliphatic carbocycles. The first-order valence-corrected chi connectivity index (χ1v) is 8.19. The highest BCUT2D eigenvalue weighted by molar-refractivity contribution is 7.89. The molecule has 1 amide bonds. The zero-order valence-electron chi connectivity index (χ0n) is 12.1. The van der Waals surface area contributed by atoms with Crippen LogP contribution in [0.25, 0.3) is 0 Å². The number of sulfonamides is 1. The maximum absolute atomic E-state index is 12.2. The number of benzene rings is 1. The molecule has 0 spiro atoms. The van der Waals surface area contributed by atoms with Crippen molar-refractivity contribution < 1.29 is 17.9 Å². The monoisotopic (exact) mass is 334 g/mol. The van der Waals surface area contributed by atoms with Gasteiger partial charge in [-0.15, -0.1) is 0 Å². The highest BCUT2D eigenvalue weighted by Gasteiger charge is 2.18. The van der Waals surface area contributed by atoms with Gasteiger partial charge in [0.2, 0.25) is 10.0 Å². The highest BCUT2D eigenvalue weighted by atomic mass is 35.5. The first kappa shape index (κ1) is 17.9. The van der Waals surface area contributed by atoms with Crippen LogP contribution < -0.4 is 10.5 Å². The van der Waals surface area contributed by atoms with Crippen molar-refractivity contribution in [2.24, 2.45) is 11.1 Å². The van der Waals surface area contributed by atoms with Gasteiger partial charge in [-0.25, -0.2) is 13.6 Å². The average molecular weight is 335 g/mol. The smallest absolute Gasteiger partial charge is 0.251 e. The number of carbonyl (C=O) groups excluding carboxylic acids is 1. The second kappa shape index (κ2) is 7.22. The zero-order chi connectivity index (χ0) is 16.2. The van der Waals surface area contributed by atoms with Crippen molar-refractivity contribution in [1.82, 2.24) is 5.32 Å². The predicted octanol–water partition coefficient (Wildman–Crippen LogP) is 1.31. The van der Waals surface area contributed by atoms with Crippen molar-refractivity contribution in [3.8, 4) is 0 Å². The van der Waals surface area contributed by atoms with Crippen LogP contribution in [0.3, 0.4) is 0 Å². The molecule has 0 aromatic heterocycles. The first-order valence-electron chi connectivity index (χ1n) is 6.27. The Morgan fingerprint density at radius 3 is 2.62 bits per heavy atom. The standard InChI is InChI=1S/C13H19ClN2O4S/c1-8(7-20-3)6-16-13(17)11-4-10(21(15,18)19)5-12(14)9(11)2/h4-5,8H,6-7H2,1-3H3,(H,16,17)(H2,15,18,19). The van der Waals surface area contributed by atoms with Crippen LogP contribution in [0.5, 0.6) is 0 Å². The molecule has 0 saturated heterocycles. The van der Waals surface area contributed by atoms with Gasteiger partial charge < -0.3 is 10.1 Å². The van der Waals surface area contributed by atoms with Gasteiger partial charge in [-0.1, -0.05) is 18.5 Å². The molecule has 1 aromatic rings. The van der Waals surface area contributed by atoms with Crippen LogP contribution in [0.2, 0.25) is 5.02 Å². The van der Waals surface area contributed by atoms with Gasteiger partial charge in [0.1, 0.15) is 0 Å². The van der Waals surface area contributed by atoms with Gasteiger partial charge in [-0.2, -0.15) is 0 Å². The fourth-order valence-electron chi connectivity index (χ4n) is 1.76. The number of halogens is 1. The molecule has 118 valence electrons. The van der Waals surface area contributed by atoms with Crippen molar-refractivity contribution in [1.29, 1.82) is 0 Å². The van der Waals surface area contributed by atoms with E-state index in [1.807, 2.05) is 6.92 Å². The molecular weight excluding hydrogens is 316 g/mol. The molecule has 0 saturated carbocycles. The topological polar surface area (TPSA) is 98.5 Å². The van der Waals surface area contributed by atoms with Crippen molar-refractivity contribution in [2.75, 3.05) is 20.3 Å². The fraction of sp³-hybridized carbons (Fsp3) is 0.462. The summed E-state index contributed by atoms with van der Waals surface area (Å²) in [6.45, 7) is 4.48. The number of methoxy groups -OCH3 is 1. The maximum atomic E-state index is 12.2. The summed E-state index contributed by atoms with van der Waals surface area (Å²) in [6.07, 6.45) is 0. The molecule has 0 aliphatic rings. The van der Waals surface area contributed by atoms with Crippen LogP contribution in [0.4, 0.5) is 0 Å². The summed E-state index contributed by atoms with van der Waals surface area (Å²) in [5.74, 6) is -0.265. The van der Waals surface area contributed by atoms with Crippen LogP contribution in [-0.4, -0.2) is 34.6 Å². The lowest BCUT2D eigenvalue weighted by Crippen LogP contribution is -2.30. The molecule has 0 radical (unpaired) electrons. The van der Waals surface area contributed by atoms with E-state index < -0.39 is 15.9 Å². The largest absolute Gasteiger partial charge is 0.384 e. The first-order chi connectivity index (χ1) is 9.66. The van der Waals surface area contributed by atoms with Gasteiger partial charge >= 0.3 is 0 Å². The minimum atomic E-state index is -3.92. The van der Waals surface area contributed by atoms with E-state index in [1.165, 1.54) is 12.1 Å². The summed E-state index contributed by atoms with van der Waals surface area (Å²) in [6, 6.07) is 2.46. The van der Waals surface area contributed by atoms with Gasteiger partial charge in [0.25, 0.3) is 5.91 Å². The Morgan fingerprint density at radius 1 is 1.48 bits per heavy atom. The number of amides is 1. The predicted molar refractivity (Wildman–Crippen MR) is 80.9 cm³/mol. The van der Waals surface area contributed by atoms with Crippen LogP contribution in [0, 0.1) is 12.8 Å². The van der Waals surface area contributed by atoms with Crippen molar-refractivity contribution in [3.63, 3.8) is 0 Å². The number of nitrogens with two attached hydrogens (primary N) is 1. The Bertz CT molecular complexity index is 631. The van der Waals surface area contributed by atoms with Gasteiger partial charge in [-0.05, 0) is 30.5 Å². The lowest BCUT2D eigenvalue weighted by Gasteiger charge is -2.14. The minimum absolute atomic E-state index is 0.135. The van der Waals surface area contributed by atoms with Crippen molar-refractivity contribution in [3.05, 3.63) is 28.3 Å². The highest BCUT2D eigenvalue weighted by Crippen LogP contribution is 2.23. The molecule has 21 heavy (non-hydrogen) atoms. The Labute approximate surface area is 129 Å². The van der Waals surface area contributed by atoms with E-state index >= 15 is 0 Å². The summed E-state index contributed by atoms with van der Waals surface area (Å²) in [7, 11) is -2.34. The minimum Gasteiger partial charge on any atom is -0.384 e. The average Bonchev–Trinajstić information content (AvgIpc) is 2.38. The lowest BCUT2D eigenvalue weighted by molar-refractivity contribution is 0.0933. The van der Waals surface area contributed by atoms with Crippen molar-refractivity contribution in [2.45, 2.75) is 18.7 Å². The summed E-state index contributed by atoms with van der Waals surface area (Å²) in [5, 5.41) is 7.97. The van der Waals surface area contributed by atoms with Gasteiger partial charge in [-0.3, -0.25) is 4.79 Å². The molecule has 3 N–H and O–H groups in total. The second-order valence-corrected chi connectivity index (χ2v) is 6.86. The third-order valence-corrected chi connectivity index (χ3v) is 4.24. The Kier molecular flexibility index (Phi) is 6.15. The van der Waals surface area contributed by atoms with Crippen LogP contribution in [0.15, 0.2) is 17.0 Å². The fourth-order valence-corrected chi connectivity index (χ4v) is 2.61. The Morgan fingerprint density at radius 2 is 2.10 bits per heavy atom. The molecule has 1 unspecified atom stereocenters. The lowest BCUT2D eigenvalue weighted by atomic mass is 10.1. The summed E-state index contributed by atoms with van der Waals surface area (Å²) < 4.78 is 27.8. The molecule has 1 aromatic carbocycles. The number of hydrogen-bond donors (Lipinski definition) is 2. The van der Waals surface area contributed by atoms with Gasteiger partial charge in [0.15, 0.2) is 0 Å². The van der Waals surface area contributed by atoms with Crippen LogP contribution in [-0.2, 0) is 14.8 Å². The summed E-state index contributed by atoms with van der Waals surface area (Å²) >= 11 is 5.96. The third-order valence-electron chi connectivity index (χ3n) is 2.95. The van der Waals surface area contributed by atoms with E-state index in [0.717, 1.165) is 0 Å². The number of nitrogens with one attached hydrogen (secondary N) is 1. The number of rotatable bonds is 6. The van der Waals surface area contributed by atoms with E-state index in [4.69, 9.17) is 21.5 Å². The second-order valence-electron chi connectivity index (χ2n) is 4.89. The number of ether oxygens (including phenoxy) is 1. The van der Waals surface area contributed by atoms with Gasteiger partial charge in [0, 0.05) is 24.2 Å². The summed E-state index contributed by atoms with van der Waals surface area (Å²) in [5.41, 5.74) is 0.692. The molecule has 0 heterocycles. The van der Waals surface area contributed by atoms with E-state index in [1.54, 1.807) is 14.0 Å². The molecule has 1 rings (SSSR count). The molecule has 0 fully saturated rings. The maximum Gasteiger partial charge on any atom is 0.251 e. The normalized spacial score (nSPS) is 13.0. The van der Waals surface area contributed by atoms with E-state index in [2.05, 4.69) is 5.32 Å². The Balaban J connectivity index is 3.01. The number of carbonyl (C=O) groups is 1. The number of primary sulfonamides is 1. The van der Waals surface area contributed by atoms with Crippen LogP contribution in [0.1, 0.15) is 22.8 Å². The van der Waals surface area contributed by atoms with E-state index in [0.29, 0.717) is 18.7 Å². The van der Waals surface area contributed by atoms with E-state index in [9.17, 15) is 13.2 Å².